The fourth-order valence-electron chi connectivity index (χ4n) is 6.95. The van der Waals surface area contributed by atoms with Crippen molar-refractivity contribution in [3.05, 3.63) is 76.5 Å². The van der Waals surface area contributed by atoms with Crippen molar-refractivity contribution in [2.75, 3.05) is 6.54 Å². The second-order valence-electron chi connectivity index (χ2n) is 10.6. The molecule has 1 aromatic heterocycles. The van der Waals surface area contributed by atoms with Gasteiger partial charge in [-0.05, 0) is 92.2 Å². The van der Waals surface area contributed by atoms with E-state index in [-0.39, 0.29) is 17.2 Å². The fraction of sp³-hybridized carbons (Fsp3) is 0.414. The van der Waals surface area contributed by atoms with Crippen LogP contribution < -0.4 is 0 Å². The summed E-state index contributed by atoms with van der Waals surface area (Å²) in [6.07, 6.45) is 8.01. The van der Waals surface area contributed by atoms with Crippen LogP contribution in [0.3, 0.4) is 0 Å². The molecule has 1 aliphatic heterocycles. The van der Waals surface area contributed by atoms with Gasteiger partial charge in [-0.1, -0.05) is 18.2 Å². The maximum Gasteiger partial charge on any atom is 0.328 e. The zero-order chi connectivity index (χ0) is 24.3. The molecule has 3 unspecified atom stereocenters. The lowest BCUT2D eigenvalue weighted by Crippen LogP contribution is -2.46. The van der Waals surface area contributed by atoms with E-state index in [1.807, 2.05) is 18.2 Å². The molecule has 2 saturated carbocycles. The summed E-state index contributed by atoms with van der Waals surface area (Å²) in [5, 5.41) is 10.0. The zero-order valence-corrected chi connectivity index (χ0v) is 19.8. The molecule has 6 rings (SSSR count). The predicted octanol–water partition coefficient (Wildman–Crippen LogP) is 6.32. The Morgan fingerprint density at radius 2 is 1.89 bits per heavy atom. The number of fused-ring (bicyclic) bond motifs is 4. The highest BCUT2D eigenvalue weighted by Gasteiger charge is 2.45. The van der Waals surface area contributed by atoms with Crippen LogP contribution in [0.5, 0.6) is 0 Å². The van der Waals surface area contributed by atoms with Gasteiger partial charge in [-0.15, -0.1) is 0 Å². The van der Waals surface area contributed by atoms with Gasteiger partial charge >= 0.3 is 5.97 Å². The minimum absolute atomic E-state index is 0.0417. The van der Waals surface area contributed by atoms with E-state index in [1.165, 1.54) is 43.9 Å². The van der Waals surface area contributed by atoms with E-state index in [4.69, 9.17) is 5.11 Å². The summed E-state index contributed by atoms with van der Waals surface area (Å²) in [6, 6.07) is 10.1. The van der Waals surface area contributed by atoms with Gasteiger partial charge in [-0.2, -0.15) is 0 Å². The number of halogens is 2. The van der Waals surface area contributed by atoms with Crippen molar-refractivity contribution in [3.63, 3.8) is 0 Å². The molecule has 3 aromatic rings. The van der Waals surface area contributed by atoms with Crippen molar-refractivity contribution in [2.24, 2.45) is 17.8 Å². The number of aliphatic carboxylic acids is 1. The van der Waals surface area contributed by atoms with E-state index in [9.17, 15) is 4.79 Å². The standard InChI is InChI=1S/C29H30F2N2O2/c1-16-12-22-21-4-2-3-5-25(21)32-28(22)29(33(16)15-19-8-7-18-9-10-20(18)19)27-23(30)13-17(14-24(27)31)6-11-26(34)35/h2-6,11,13-14,16,18-20,29,32H,7-10,12,15H2,1H3,(H,34,35)/b11-6+/t16-,18?,19?,20?,29+/m1/s1. The number of aromatic amines is 1. The van der Waals surface area contributed by atoms with E-state index >= 15 is 8.78 Å². The van der Waals surface area contributed by atoms with Gasteiger partial charge in [-0.3, -0.25) is 4.90 Å². The number of carboxylic acid groups (broad SMARTS) is 1. The zero-order valence-electron chi connectivity index (χ0n) is 19.8. The van der Waals surface area contributed by atoms with E-state index < -0.39 is 23.6 Å². The molecule has 4 nitrogen and oxygen atoms in total. The topological polar surface area (TPSA) is 56.3 Å². The molecular formula is C29H30F2N2O2. The van der Waals surface area contributed by atoms with Crippen LogP contribution in [0.15, 0.2) is 42.5 Å². The maximum atomic E-state index is 15.7. The smallest absolute Gasteiger partial charge is 0.328 e. The van der Waals surface area contributed by atoms with Crippen molar-refractivity contribution >= 4 is 22.9 Å². The summed E-state index contributed by atoms with van der Waals surface area (Å²) >= 11 is 0. The highest BCUT2D eigenvalue weighted by atomic mass is 19.1. The maximum absolute atomic E-state index is 15.7. The highest BCUT2D eigenvalue weighted by Crippen LogP contribution is 2.52. The largest absolute Gasteiger partial charge is 0.478 e. The average molecular weight is 477 g/mol. The summed E-state index contributed by atoms with van der Waals surface area (Å²) in [5.74, 6) is -0.307. The minimum Gasteiger partial charge on any atom is -0.478 e. The van der Waals surface area contributed by atoms with Crippen molar-refractivity contribution in [1.82, 2.24) is 9.88 Å². The van der Waals surface area contributed by atoms with Crippen LogP contribution in [0.25, 0.3) is 17.0 Å². The molecule has 0 radical (unpaired) electrons. The van der Waals surface area contributed by atoms with Crippen LogP contribution in [0, 0.1) is 29.4 Å². The lowest BCUT2D eigenvalue weighted by molar-refractivity contribution is -0.131. The Hall–Kier alpha value is -2.99. The number of carbonyl (C=O) groups is 1. The second-order valence-corrected chi connectivity index (χ2v) is 10.6. The number of H-pyrrole nitrogens is 1. The van der Waals surface area contributed by atoms with Gasteiger partial charge in [0.1, 0.15) is 11.6 Å². The van der Waals surface area contributed by atoms with Gasteiger partial charge in [0.25, 0.3) is 0 Å². The van der Waals surface area contributed by atoms with Crippen LogP contribution >= 0.6 is 0 Å². The molecule has 0 bridgehead atoms. The monoisotopic (exact) mass is 476 g/mol. The summed E-state index contributed by atoms with van der Waals surface area (Å²) in [5.41, 5.74) is 3.24. The molecule has 2 heterocycles. The summed E-state index contributed by atoms with van der Waals surface area (Å²) in [7, 11) is 0. The van der Waals surface area contributed by atoms with E-state index in [1.54, 1.807) is 0 Å². The summed E-state index contributed by atoms with van der Waals surface area (Å²) in [6.45, 7) is 3.01. The quantitative estimate of drug-likeness (QED) is 0.424. The molecule has 182 valence electrons. The predicted molar refractivity (Wildman–Crippen MR) is 132 cm³/mol. The Morgan fingerprint density at radius 3 is 2.57 bits per heavy atom. The number of benzene rings is 2. The van der Waals surface area contributed by atoms with Crippen LogP contribution in [0.2, 0.25) is 0 Å². The van der Waals surface area contributed by atoms with Gasteiger partial charge in [0.15, 0.2) is 0 Å². The molecule has 2 aromatic carbocycles. The number of nitrogens with one attached hydrogen (secondary N) is 1. The summed E-state index contributed by atoms with van der Waals surface area (Å²) < 4.78 is 31.3. The van der Waals surface area contributed by atoms with Crippen molar-refractivity contribution < 1.29 is 18.7 Å². The molecule has 0 saturated heterocycles. The highest BCUT2D eigenvalue weighted by molar-refractivity contribution is 5.86. The van der Waals surface area contributed by atoms with Crippen molar-refractivity contribution in [2.45, 2.75) is 51.1 Å². The summed E-state index contributed by atoms with van der Waals surface area (Å²) in [4.78, 5) is 16.7. The van der Waals surface area contributed by atoms with E-state index in [0.717, 1.165) is 53.0 Å². The first-order chi connectivity index (χ1) is 16.9. The first kappa shape index (κ1) is 22.5. The lowest BCUT2D eigenvalue weighted by Gasteiger charge is -2.44. The number of aromatic nitrogens is 1. The van der Waals surface area contributed by atoms with Crippen molar-refractivity contribution in [3.8, 4) is 0 Å². The Bertz CT molecular complexity index is 1310. The molecule has 35 heavy (non-hydrogen) atoms. The molecular weight excluding hydrogens is 446 g/mol. The fourth-order valence-corrected chi connectivity index (χ4v) is 6.95. The first-order valence-electron chi connectivity index (χ1n) is 12.7. The number of carboxylic acids is 1. The minimum atomic E-state index is -1.16. The number of hydrogen-bond acceptors (Lipinski definition) is 2. The number of hydrogen-bond donors (Lipinski definition) is 2. The van der Waals surface area contributed by atoms with Gasteiger partial charge in [0.05, 0.1) is 6.04 Å². The number of rotatable bonds is 5. The molecule has 3 aliphatic rings. The first-order valence-corrected chi connectivity index (χ1v) is 12.7. The van der Waals surface area contributed by atoms with Crippen LogP contribution in [-0.2, 0) is 11.2 Å². The molecule has 2 fully saturated rings. The third-order valence-corrected chi connectivity index (χ3v) is 8.75. The average Bonchev–Trinajstić information content (AvgIpc) is 3.29. The third-order valence-electron chi connectivity index (χ3n) is 8.75. The SMILES string of the molecule is C[C@@H]1Cc2c([nH]c3ccccc23)[C@H](c2c(F)cc(/C=C/C(=O)O)cc2F)N1CC1CCC2CCC21. The van der Waals surface area contributed by atoms with E-state index in [2.05, 4.69) is 22.9 Å². The van der Waals surface area contributed by atoms with Crippen molar-refractivity contribution in [1.29, 1.82) is 0 Å². The van der Waals surface area contributed by atoms with Crippen LogP contribution in [-0.4, -0.2) is 33.5 Å². The molecule has 5 atom stereocenters. The van der Waals surface area contributed by atoms with Gasteiger partial charge < -0.3 is 10.1 Å². The second kappa shape index (κ2) is 8.59. The normalized spacial score (nSPS) is 28.3. The van der Waals surface area contributed by atoms with Gasteiger partial charge in [-0.25, -0.2) is 13.6 Å². The molecule has 0 spiro atoms. The van der Waals surface area contributed by atoms with Gasteiger partial charge in [0, 0.05) is 40.8 Å². The number of nitrogens with zero attached hydrogens (tertiary/aromatic N) is 1. The van der Waals surface area contributed by atoms with Crippen LogP contribution in [0.4, 0.5) is 8.78 Å². The Labute approximate surface area is 203 Å². The Balaban J connectivity index is 1.47. The molecule has 2 aliphatic carbocycles. The number of para-hydroxylation sites is 1. The third kappa shape index (κ3) is 3.79. The van der Waals surface area contributed by atoms with Crippen LogP contribution in [0.1, 0.15) is 61.0 Å². The molecule has 6 heteroatoms. The Morgan fingerprint density at radius 1 is 1.14 bits per heavy atom. The Kier molecular flexibility index (Phi) is 5.52. The molecule has 2 N–H and O–H groups in total. The molecule has 0 amide bonds. The van der Waals surface area contributed by atoms with E-state index in [0.29, 0.717) is 5.92 Å². The van der Waals surface area contributed by atoms with Gasteiger partial charge in [0.2, 0.25) is 0 Å². The lowest BCUT2D eigenvalue weighted by atomic mass is 9.72.